The van der Waals surface area contributed by atoms with Crippen molar-refractivity contribution in [1.29, 1.82) is 0 Å². The highest BCUT2D eigenvalue weighted by molar-refractivity contribution is 7.98. The lowest BCUT2D eigenvalue weighted by atomic mass is 10.1. The maximum Gasteiger partial charge on any atom is 0.263 e. The Morgan fingerprint density at radius 3 is 3.04 bits per heavy atom. The van der Waals surface area contributed by atoms with Crippen molar-refractivity contribution in [2.45, 2.75) is 56.7 Å². The van der Waals surface area contributed by atoms with Crippen LogP contribution < -0.4 is 5.56 Å². The molecule has 3 aromatic rings. The van der Waals surface area contributed by atoms with E-state index in [9.17, 15) is 4.79 Å². The van der Waals surface area contributed by atoms with Gasteiger partial charge in [0.15, 0.2) is 5.16 Å². The topological polar surface area (TPSA) is 57.0 Å². The van der Waals surface area contributed by atoms with E-state index >= 15 is 0 Å². The van der Waals surface area contributed by atoms with Crippen LogP contribution in [0.15, 0.2) is 28.3 Å². The summed E-state index contributed by atoms with van der Waals surface area (Å²) in [7, 11) is 0. The Bertz CT molecular complexity index is 1060. The average molecular weight is 436 g/mol. The highest BCUT2D eigenvalue weighted by Crippen LogP contribution is 2.31. The summed E-state index contributed by atoms with van der Waals surface area (Å²) in [5.41, 5.74) is 2.23. The van der Waals surface area contributed by atoms with Gasteiger partial charge >= 0.3 is 0 Å². The number of thioether (sulfide) groups is 1. The first-order chi connectivity index (χ1) is 13.6. The van der Waals surface area contributed by atoms with Crippen LogP contribution in [0.5, 0.6) is 0 Å². The zero-order valence-corrected chi connectivity index (χ0v) is 18.3. The van der Waals surface area contributed by atoms with Crippen LogP contribution in [0.1, 0.15) is 35.8 Å². The number of nitrogens with zero attached hydrogens (tertiary/aromatic N) is 3. The van der Waals surface area contributed by atoms with Gasteiger partial charge in [-0.1, -0.05) is 30.3 Å². The zero-order valence-electron chi connectivity index (χ0n) is 15.9. The molecule has 0 spiro atoms. The predicted molar refractivity (Wildman–Crippen MR) is 116 cm³/mol. The van der Waals surface area contributed by atoms with E-state index in [0.717, 1.165) is 52.4 Å². The Hall–Kier alpha value is -1.41. The third kappa shape index (κ3) is 3.99. The molecular formula is C20H22ClN3O2S2. The second-order valence-electron chi connectivity index (χ2n) is 6.89. The van der Waals surface area contributed by atoms with Crippen molar-refractivity contribution in [3.8, 4) is 0 Å². The summed E-state index contributed by atoms with van der Waals surface area (Å²) in [6, 6.07) is 3.78. The molecule has 0 bridgehead atoms. The molecule has 1 aliphatic heterocycles. The molecule has 1 unspecified atom stereocenters. The maximum atomic E-state index is 13.4. The van der Waals surface area contributed by atoms with Crippen LogP contribution in [0.2, 0.25) is 5.15 Å². The molecule has 0 radical (unpaired) electrons. The van der Waals surface area contributed by atoms with Crippen LogP contribution in [0.25, 0.3) is 10.2 Å². The fourth-order valence-corrected chi connectivity index (χ4v) is 5.90. The van der Waals surface area contributed by atoms with Gasteiger partial charge in [0.05, 0.1) is 18.0 Å². The van der Waals surface area contributed by atoms with E-state index in [1.165, 1.54) is 4.88 Å². The number of pyridine rings is 1. The summed E-state index contributed by atoms with van der Waals surface area (Å²) in [6.45, 7) is 5.49. The Morgan fingerprint density at radius 2 is 2.32 bits per heavy atom. The molecule has 0 aromatic carbocycles. The van der Waals surface area contributed by atoms with Crippen molar-refractivity contribution >= 4 is 44.9 Å². The molecule has 0 N–H and O–H groups in total. The number of aromatic nitrogens is 3. The lowest BCUT2D eigenvalue weighted by molar-refractivity contribution is 0.0937. The van der Waals surface area contributed by atoms with Crippen molar-refractivity contribution in [1.82, 2.24) is 14.5 Å². The van der Waals surface area contributed by atoms with Crippen molar-refractivity contribution in [3.05, 3.63) is 49.8 Å². The number of aryl methyl sites for hydroxylation is 2. The minimum absolute atomic E-state index is 0.0527. The van der Waals surface area contributed by atoms with Crippen molar-refractivity contribution in [3.63, 3.8) is 0 Å². The molecule has 4 heterocycles. The molecule has 1 fully saturated rings. The van der Waals surface area contributed by atoms with E-state index in [0.29, 0.717) is 17.5 Å². The van der Waals surface area contributed by atoms with Gasteiger partial charge in [0, 0.05) is 23.4 Å². The van der Waals surface area contributed by atoms with E-state index < -0.39 is 0 Å². The van der Waals surface area contributed by atoms with Crippen LogP contribution in [0, 0.1) is 6.92 Å². The molecule has 0 amide bonds. The third-order valence-electron chi connectivity index (χ3n) is 5.00. The average Bonchev–Trinajstić information content (AvgIpc) is 3.29. The zero-order chi connectivity index (χ0) is 19.7. The van der Waals surface area contributed by atoms with Gasteiger partial charge in [0.1, 0.15) is 9.98 Å². The van der Waals surface area contributed by atoms with Gasteiger partial charge in [-0.3, -0.25) is 9.36 Å². The van der Waals surface area contributed by atoms with Gasteiger partial charge in [0.25, 0.3) is 5.56 Å². The number of fused-ring (bicyclic) bond motifs is 1. The van der Waals surface area contributed by atoms with Crippen molar-refractivity contribution < 1.29 is 4.74 Å². The van der Waals surface area contributed by atoms with E-state index in [1.54, 1.807) is 29.3 Å². The summed E-state index contributed by atoms with van der Waals surface area (Å²) in [5.74, 6) is 0.677. The molecule has 1 atom stereocenters. The molecule has 0 saturated carbocycles. The molecule has 28 heavy (non-hydrogen) atoms. The molecule has 0 aliphatic carbocycles. The lowest BCUT2D eigenvalue weighted by Gasteiger charge is -2.16. The van der Waals surface area contributed by atoms with Gasteiger partial charge < -0.3 is 4.74 Å². The molecule has 4 rings (SSSR count). The molecule has 3 aromatic heterocycles. The Morgan fingerprint density at radius 1 is 1.46 bits per heavy atom. The van der Waals surface area contributed by atoms with Crippen LogP contribution in [-0.2, 0) is 23.5 Å². The predicted octanol–water partition coefficient (Wildman–Crippen LogP) is 4.85. The fourth-order valence-electron chi connectivity index (χ4n) is 3.60. The number of rotatable bonds is 6. The van der Waals surface area contributed by atoms with E-state index in [2.05, 4.69) is 18.8 Å². The number of ether oxygens (including phenoxy) is 1. The van der Waals surface area contributed by atoms with Gasteiger partial charge in [0.2, 0.25) is 0 Å². The highest BCUT2D eigenvalue weighted by Gasteiger charge is 2.22. The quantitative estimate of drug-likeness (QED) is 0.314. The fraction of sp³-hybridized carbons (Fsp3) is 0.450. The standard InChI is InChI=1S/C20H22ClN3O2S2/c1-3-15-12(2)28-18-17(15)19(25)24(10-14-5-4-8-26-14)20(23-18)27-11-13-6-7-22-16(21)9-13/h6-7,9,14H,3-5,8,10-11H2,1-2H3. The summed E-state index contributed by atoms with van der Waals surface area (Å²) in [5, 5.41) is 1.99. The molecule has 5 nitrogen and oxygen atoms in total. The third-order valence-corrected chi connectivity index (χ3v) is 7.30. The molecule has 148 valence electrons. The first-order valence-electron chi connectivity index (χ1n) is 9.44. The van der Waals surface area contributed by atoms with Crippen LogP contribution in [0.4, 0.5) is 0 Å². The monoisotopic (exact) mass is 435 g/mol. The number of hydrogen-bond acceptors (Lipinski definition) is 6. The minimum Gasteiger partial charge on any atom is -0.376 e. The van der Waals surface area contributed by atoms with Crippen LogP contribution >= 0.6 is 34.7 Å². The summed E-state index contributed by atoms with van der Waals surface area (Å²) in [4.78, 5) is 24.3. The largest absolute Gasteiger partial charge is 0.376 e. The van der Waals surface area contributed by atoms with Gasteiger partial charge in [-0.2, -0.15) is 0 Å². The maximum absolute atomic E-state index is 13.4. The SMILES string of the molecule is CCc1c(C)sc2nc(SCc3ccnc(Cl)c3)n(CC3CCCO3)c(=O)c12. The van der Waals surface area contributed by atoms with Crippen LogP contribution in [0.3, 0.4) is 0 Å². The van der Waals surface area contributed by atoms with Gasteiger partial charge in [-0.25, -0.2) is 9.97 Å². The van der Waals surface area contributed by atoms with Crippen molar-refractivity contribution in [2.75, 3.05) is 6.61 Å². The summed E-state index contributed by atoms with van der Waals surface area (Å²) < 4.78 is 7.62. The summed E-state index contributed by atoms with van der Waals surface area (Å²) in [6.07, 6.45) is 4.65. The normalized spacial score (nSPS) is 16.9. The number of hydrogen-bond donors (Lipinski definition) is 0. The Labute approximate surface area is 177 Å². The highest BCUT2D eigenvalue weighted by atomic mass is 35.5. The second-order valence-corrected chi connectivity index (χ2v) is 9.42. The van der Waals surface area contributed by atoms with Crippen LogP contribution in [-0.4, -0.2) is 27.2 Å². The number of thiophene rings is 1. The second kappa shape index (κ2) is 8.53. The smallest absolute Gasteiger partial charge is 0.263 e. The van der Waals surface area contributed by atoms with Gasteiger partial charge in [-0.05, 0) is 49.4 Å². The van der Waals surface area contributed by atoms with E-state index in [4.69, 9.17) is 21.3 Å². The first kappa shape index (κ1) is 19.9. The Balaban J connectivity index is 1.75. The number of halogens is 1. The van der Waals surface area contributed by atoms with E-state index in [1.807, 2.05) is 16.7 Å². The Kier molecular flexibility index (Phi) is 6.06. The molecule has 8 heteroatoms. The summed E-state index contributed by atoms with van der Waals surface area (Å²) >= 11 is 9.17. The lowest BCUT2D eigenvalue weighted by Crippen LogP contribution is -2.29. The van der Waals surface area contributed by atoms with E-state index in [-0.39, 0.29) is 11.7 Å². The minimum atomic E-state index is 0.0527. The molecule has 1 saturated heterocycles. The molecular weight excluding hydrogens is 414 g/mol. The molecule has 1 aliphatic rings. The first-order valence-corrected chi connectivity index (χ1v) is 11.6. The van der Waals surface area contributed by atoms with Crippen molar-refractivity contribution in [2.24, 2.45) is 0 Å². The van der Waals surface area contributed by atoms with Gasteiger partial charge in [-0.15, -0.1) is 11.3 Å².